The number of hydrogen-bond donors (Lipinski definition) is 3. The van der Waals surface area contributed by atoms with Crippen molar-refractivity contribution >= 4 is 55.4 Å². The molecule has 202 valence electrons. The number of nitriles is 1. The number of carbonyl (C=O) groups excluding carboxylic acids is 1. The zero-order chi connectivity index (χ0) is 28.9. The Bertz CT molecular complexity index is 1920. The Labute approximate surface area is 229 Å². The number of fused-ring (bicyclic) bond motifs is 3. The van der Waals surface area contributed by atoms with E-state index in [0.717, 1.165) is 6.21 Å². The Morgan fingerprint density at radius 1 is 1.20 bits per heavy atom. The maximum absolute atomic E-state index is 13.2. The van der Waals surface area contributed by atoms with E-state index >= 15 is 0 Å². The van der Waals surface area contributed by atoms with E-state index in [1.807, 2.05) is 12.1 Å². The van der Waals surface area contributed by atoms with Gasteiger partial charge in [-0.2, -0.15) is 5.26 Å². The maximum atomic E-state index is 13.2. The third-order valence-electron chi connectivity index (χ3n) is 5.78. The van der Waals surface area contributed by atoms with Crippen molar-refractivity contribution in [3.63, 3.8) is 0 Å². The number of esters is 1. The van der Waals surface area contributed by atoms with Crippen LogP contribution in [-0.2, 0) is 19.6 Å². The first kappa shape index (κ1) is 27.7. The SMILES string of the molecule is CCOC(=O)/C(C#N)=C/S(=O)(=O)Nc1cc(-n2c(=O)ccc3cnc4ccc(N/C=C\C=N)cc4c32)ccc1C. The predicted molar refractivity (Wildman–Crippen MR) is 154 cm³/mol. The first-order valence-electron chi connectivity index (χ1n) is 12.0. The van der Waals surface area contributed by atoms with Gasteiger partial charge >= 0.3 is 5.97 Å². The number of nitrogens with one attached hydrogen (secondary N) is 3. The molecule has 0 aliphatic rings. The third-order valence-corrected chi connectivity index (χ3v) is 6.83. The van der Waals surface area contributed by atoms with Crippen LogP contribution in [0, 0.1) is 23.7 Å². The molecule has 0 fully saturated rings. The fourth-order valence-electron chi connectivity index (χ4n) is 3.98. The van der Waals surface area contributed by atoms with Crippen LogP contribution < -0.4 is 15.6 Å². The average Bonchev–Trinajstić information content (AvgIpc) is 2.93. The maximum Gasteiger partial charge on any atom is 0.349 e. The summed E-state index contributed by atoms with van der Waals surface area (Å²) in [5, 5.41) is 21.3. The van der Waals surface area contributed by atoms with Crippen LogP contribution in [0.3, 0.4) is 0 Å². The molecule has 12 heteroatoms. The van der Waals surface area contributed by atoms with Crippen molar-refractivity contribution in [1.82, 2.24) is 9.55 Å². The molecule has 2 aromatic heterocycles. The van der Waals surface area contributed by atoms with Gasteiger partial charge < -0.3 is 15.5 Å². The summed E-state index contributed by atoms with van der Waals surface area (Å²) in [5.41, 5.74) is 1.94. The predicted octanol–water partition coefficient (Wildman–Crippen LogP) is 4.13. The number of benzene rings is 2. The number of sulfonamides is 1. The molecule has 0 unspecified atom stereocenters. The monoisotopic (exact) mass is 556 g/mol. The molecule has 2 heterocycles. The molecule has 0 bridgehead atoms. The largest absolute Gasteiger partial charge is 0.462 e. The van der Waals surface area contributed by atoms with Crippen molar-refractivity contribution in [2.75, 3.05) is 16.6 Å². The van der Waals surface area contributed by atoms with Gasteiger partial charge in [-0.05, 0) is 61.9 Å². The molecule has 2 aromatic carbocycles. The van der Waals surface area contributed by atoms with Crippen LogP contribution in [0.25, 0.3) is 27.5 Å². The molecule has 40 heavy (non-hydrogen) atoms. The molecule has 0 aliphatic heterocycles. The third kappa shape index (κ3) is 5.90. The van der Waals surface area contributed by atoms with E-state index in [0.29, 0.717) is 44.2 Å². The lowest BCUT2D eigenvalue weighted by atomic mass is 10.1. The Balaban J connectivity index is 1.86. The van der Waals surface area contributed by atoms with E-state index in [4.69, 9.17) is 10.1 Å². The zero-order valence-corrected chi connectivity index (χ0v) is 22.3. The topological polar surface area (TPSA) is 167 Å². The molecule has 11 nitrogen and oxygen atoms in total. The van der Waals surface area contributed by atoms with Crippen LogP contribution in [0.4, 0.5) is 11.4 Å². The van der Waals surface area contributed by atoms with Crippen LogP contribution in [0.2, 0.25) is 0 Å². The second kappa shape index (κ2) is 11.6. The van der Waals surface area contributed by atoms with Crippen molar-refractivity contribution in [2.24, 2.45) is 0 Å². The van der Waals surface area contributed by atoms with Gasteiger partial charge in [-0.15, -0.1) is 0 Å². The van der Waals surface area contributed by atoms with E-state index in [1.165, 1.54) is 29.7 Å². The second-order valence-electron chi connectivity index (χ2n) is 8.48. The lowest BCUT2D eigenvalue weighted by molar-refractivity contribution is -0.138. The Kier molecular flexibility index (Phi) is 8.07. The lowest BCUT2D eigenvalue weighted by Crippen LogP contribution is -2.19. The minimum atomic E-state index is -4.30. The Morgan fingerprint density at radius 3 is 2.73 bits per heavy atom. The van der Waals surface area contributed by atoms with Gasteiger partial charge in [0.2, 0.25) is 0 Å². The molecule has 0 atom stereocenters. The fourth-order valence-corrected chi connectivity index (χ4v) is 5.02. The summed E-state index contributed by atoms with van der Waals surface area (Å²) in [6.45, 7) is 3.19. The molecule has 0 aliphatic carbocycles. The molecule has 0 saturated carbocycles. The van der Waals surface area contributed by atoms with Crippen molar-refractivity contribution < 1.29 is 17.9 Å². The highest BCUT2D eigenvalue weighted by Gasteiger charge is 2.18. The van der Waals surface area contributed by atoms with E-state index < -0.39 is 21.6 Å². The van der Waals surface area contributed by atoms with E-state index in [9.17, 15) is 23.3 Å². The molecule has 3 N–H and O–H groups in total. The van der Waals surface area contributed by atoms with Gasteiger partial charge in [0.1, 0.15) is 6.07 Å². The van der Waals surface area contributed by atoms with Crippen LogP contribution in [0.5, 0.6) is 0 Å². The van der Waals surface area contributed by atoms with Crippen LogP contribution in [0.1, 0.15) is 12.5 Å². The zero-order valence-electron chi connectivity index (χ0n) is 21.5. The highest BCUT2D eigenvalue weighted by atomic mass is 32.2. The number of rotatable bonds is 9. The number of allylic oxidation sites excluding steroid dienone is 1. The number of hydrogen-bond acceptors (Lipinski definition) is 9. The summed E-state index contributed by atoms with van der Waals surface area (Å²) in [7, 11) is -4.30. The first-order valence-corrected chi connectivity index (χ1v) is 13.5. The summed E-state index contributed by atoms with van der Waals surface area (Å²) >= 11 is 0. The smallest absolute Gasteiger partial charge is 0.349 e. The van der Waals surface area contributed by atoms with Gasteiger partial charge in [0.15, 0.2) is 5.57 Å². The molecule has 0 saturated heterocycles. The van der Waals surface area contributed by atoms with Crippen LogP contribution in [-0.4, -0.2) is 36.8 Å². The van der Waals surface area contributed by atoms with Gasteiger partial charge in [-0.3, -0.25) is 19.1 Å². The van der Waals surface area contributed by atoms with Crippen LogP contribution in [0.15, 0.2) is 82.8 Å². The second-order valence-corrected chi connectivity index (χ2v) is 10.0. The normalized spacial score (nSPS) is 11.9. The fraction of sp³-hybridized carbons (Fsp3) is 0.107. The Morgan fingerprint density at radius 2 is 2.00 bits per heavy atom. The number of aromatic nitrogens is 2. The number of nitrogens with zero attached hydrogens (tertiary/aromatic N) is 3. The summed E-state index contributed by atoms with van der Waals surface area (Å²) in [6.07, 6.45) is 5.92. The van der Waals surface area contributed by atoms with Gasteiger partial charge in [0, 0.05) is 41.1 Å². The van der Waals surface area contributed by atoms with Gasteiger partial charge in [-0.25, -0.2) is 13.2 Å². The minimum absolute atomic E-state index is 0.0193. The van der Waals surface area contributed by atoms with Crippen molar-refractivity contribution in [1.29, 1.82) is 10.7 Å². The molecule has 4 aromatic rings. The molecule has 0 spiro atoms. The Hall–Kier alpha value is -5.28. The standard InChI is InChI=1S/C28H24N6O5S/c1-3-39-28(36)20(15-30)17-40(37,38)33-25-14-22(8-5-18(25)2)34-26(35)10-6-19-16-32-24-9-7-21(31-12-4-11-29)13-23(24)27(19)34/h4-14,16-17,29,31,33H,3H2,1-2H3/b12-4-,20-17+,29-11?. The van der Waals surface area contributed by atoms with Gasteiger partial charge in [-0.1, -0.05) is 6.07 Å². The minimum Gasteiger partial charge on any atom is -0.462 e. The summed E-state index contributed by atoms with van der Waals surface area (Å²) in [6, 6.07) is 14.9. The molecular weight excluding hydrogens is 532 g/mol. The quantitative estimate of drug-likeness (QED) is 0.0909. The molecule has 4 rings (SSSR count). The van der Waals surface area contributed by atoms with Gasteiger partial charge in [0.25, 0.3) is 15.6 Å². The van der Waals surface area contributed by atoms with E-state index in [-0.39, 0.29) is 17.9 Å². The van der Waals surface area contributed by atoms with Crippen molar-refractivity contribution in [2.45, 2.75) is 13.8 Å². The van der Waals surface area contributed by atoms with Gasteiger partial charge in [0.05, 0.1) is 34.4 Å². The number of aryl methyl sites for hydroxylation is 1. The number of pyridine rings is 2. The average molecular weight is 557 g/mol. The summed E-state index contributed by atoms with van der Waals surface area (Å²) in [5.74, 6) is -1.05. The molecule has 0 amide bonds. The summed E-state index contributed by atoms with van der Waals surface area (Å²) in [4.78, 5) is 29.6. The molecular formula is C28H24N6O5S. The summed E-state index contributed by atoms with van der Waals surface area (Å²) < 4.78 is 34.2. The first-order chi connectivity index (χ1) is 19.2. The number of anilines is 2. The van der Waals surface area contributed by atoms with Crippen LogP contribution >= 0.6 is 0 Å². The van der Waals surface area contributed by atoms with Crippen molar-refractivity contribution in [3.05, 3.63) is 93.9 Å². The molecule has 0 radical (unpaired) electrons. The van der Waals surface area contributed by atoms with E-state index in [2.05, 4.69) is 15.0 Å². The number of carbonyl (C=O) groups is 1. The lowest BCUT2D eigenvalue weighted by Gasteiger charge is -2.16. The van der Waals surface area contributed by atoms with E-state index in [1.54, 1.807) is 49.7 Å². The van der Waals surface area contributed by atoms with Crippen molar-refractivity contribution in [3.8, 4) is 11.8 Å². The number of ether oxygens (including phenoxy) is 1. The highest BCUT2D eigenvalue weighted by molar-refractivity contribution is 7.95. The highest BCUT2D eigenvalue weighted by Crippen LogP contribution is 2.29.